The first-order chi connectivity index (χ1) is 6.15. The van der Waals surface area contributed by atoms with Gasteiger partial charge in [-0.1, -0.05) is 40.0 Å². The van der Waals surface area contributed by atoms with Crippen LogP contribution < -0.4 is 0 Å². The van der Waals surface area contributed by atoms with Gasteiger partial charge in [0.05, 0.1) is 0 Å². The van der Waals surface area contributed by atoms with Gasteiger partial charge in [0.1, 0.15) is 5.78 Å². The van der Waals surface area contributed by atoms with E-state index in [-0.39, 0.29) is 5.41 Å². The van der Waals surface area contributed by atoms with E-state index in [4.69, 9.17) is 0 Å². The summed E-state index contributed by atoms with van der Waals surface area (Å²) in [5.41, 5.74) is 0.0858. The van der Waals surface area contributed by atoms with Crippen LogP contribution in [0.15, 0.2) is 0 Å². The van der Waals surface area contributed by atoms with Crippen molar-refractivity contribution in [3.05, 3.63) is 0 Å². The van der Waals surface area contributed by atoms with Crippen LogP contribution in [0.25, 0.3) is 0 Å². The SMILES string of the molecule is CCCCCC(=O)C1(C)CC1CC. The fraction of sp³-hybridized carbons (Fsp3) is 0.917. The maximum atomic E-state index is 11.8. The summed E-state index contributed by atoms with van der Waals surface area (Å²) in [5, 5.41) is 0. The summed E-state index contributed by atoms with van der Waals surface area (Å²) in [4.78, 5) is 11.8. The number of carbonyl (C=O) groups excluding carboxylic acids is 1. The third kappa shape index (κ3) is 2.32. The minimum Gasteiger partial charge on any atom is -0.299 e. The van der Waals surface area contributed by atoms with Gasteiger partial charge in [0, 0.05) is 11.8 Å². The van der Waals surface area contributed by atoms with Crippen LogP contribution in [-0.4, -0.2) is 5.78 Å². The number of Topliss-reactive ketones (excluding diaryl/α,β-unsaturated/α-hetero) is 1. The van der Waals surface area contributed by atoms with Crippen LogP contribution >= 0.6 is 0 Å². The average molecular weight is 182 g/mol. The molecule has 0 saturated heterocycles. The second kappa shape index (κ2) is 4.26. The summed E-state index contributed by atoms with van der Waals surface area (Å²) in [6.45, 7) is 6.52. The number of unbranched alkanes of at least 4 members (excludes halogenated alkanes) is 2. The van der Waals surface area contributed by atoms with E-state index < -0.39 is 0 Å². The van der Waals surface area contributed by atoms with Crippen molar-refractivity contribution in [1.82, 2.24) is 0 Å². The molecule has 2 unspecified atom stereocenters. The van der Waals surface area contributed by atoms with Crippen LogP contribution in [-0.2, 0) is 4.79 Å². The fourth-order valence-electron chi connectivity index (χ4n) is 2.21. The van der Waals surface area contributed by atoms with Crippen molar-refractivity contribution in [2.75, 3.05) is 0 Å². The Morgan fingerprint density at radius 2 is 2.08 bits per heavy atom. The van der Waals surface area contributed by atoms with Crippen molar-refractivity contribution in [1.29, 1.82) is 0 Å². The van der Waals surface area contributed by atoms with E-state index in [2.05, 4.69) is 20.8 Å². The minimum atomic E-state index is 0.0858. The lowest BCUT2D eigenvalue weighted by Gasteiger charge is -2.08. The van der Waals surface area contributed by atoms with Gasteiger partial charge in [-0.15, -0.1) is 0 Å². The van der Waals surface area contributed by atoms with Gasteiger partial charge in [0.2, 0.25) is 0 Å². The summed E-state index contributed by atoms with van der Waals surface area (Å²) in [7, 11) is 0. The predicted octanol–water partition coefficient (Wildman–Crippen LogP) is 3.57. The molecule has 0 aromatic heterocycles. The van der Waals surface area contributed by atoms with E-state index in [0.29, 0.717) is 11.7 Å². The van der Waals surface area contributed by atoms with Crippen LogP contribution in [0.5, 0.6) is 0 Å². The second-order valence-electron chi connectivity index (χ2n) is 4.61. The van der Waals surface area contributed by atoms with Gasteiger partial charge in [0.25, 0.3) is 0 Å². The Morgan fingerprint density at radius 3 is 2.54 bits per heavy atom. The molecule has 0 aromatic rings. The van der Waals surface area contributed by atoms with Gasteiger partial charge >= 0.3 is 0 Å². The summed E-state index contributed by atoms with van der Waals surface area (Å²) in [5.74, 6) is 1.22. The van der Waals surface area contributed by atoms with Crippen LogP contribution in [0.4, 0.5) is 0 Å². The highest BCUT2D eigenvalue weighted by molar-refractivity contribution is 5.87. The molecule has 1 fully saturated rings. The first kappa shape index (κ1) is 10.7. The van der Waals surface area contributed by atoms with Crippen molar-refractivity contribution >= 4 is 5.78 Å². The quantitative estimate of drug-likeness (QED) is 0.574. The molecule has 1 rings (SSSR count). The number of ketones is 1. The van der Waals surface area contributed by atoms with E-state index in [1.54, 1.807) is 0 Å². The van der Waals surface area contributed by atoms with Crippen LogP contribution in [0.2, 0.25) is 0 Å². The highest BCUT2D eigenvalue weighted by atomic mass is 16.1. The minimum absolute atomic E-state index is 0.0858. The van der Waals surface area contributed by atoms with Crippen LogP contribution in [0.1, 0.15) is 59.3 Å². The lowest BCUT2D eigenvalue weighted by Crippen LogP contribution is -2.13. The Balaban J connectivity index is 2.25. The number of rotatable bonds is 6. The highest BCUT2D eigenvalue weighted by Gasteiger charge is 2.53. The average Bonchev–Trinajstić information content (AvgIpc) is 2.79. The lowest BCUT2D eigenvalue weighted by molar-refractivity contribution is -0.124. The molecule has 1 saturated carbocycles. The number of hydrogen-bond acceptors (Lipinski definition) is 1. The molecule has 1 heteroatoms. The molecule has 0 aliphatic heterocycles. The van der Waals surface area contributed by atoms with Crippen molar-refractivity contribution in [3.8, 4) is 0 Å². The van der Waals surface area contributed by atoms with Crippen LogP contribution in [0.3, 0.4) is 0 Å². The molecule has 76 valence electrons. The summed E-state index contributed by atoms with van der Waals surface area (Å²) >= 11 is 0. The monoisotopic (exact) mass is 182 g/mol. The predicted molar refractivity (Wildman–Crippen MR) is 55.7 cm³/mol. The second-order valence-corrected chi connectivity index (χ2v) is 4.61. The molecule has 13 heavy (non-hydrogen) atoms. The fourth-order valence-corrected chi connectivity index (χ4v) is 2.21. The first-order valence-corrected chi connectivity index (χ1v) is 5.68. The van der Waals surface area contributed by atoms with Gasteiger partial charge in [-0.3, -0.25) is 4.79 Å². The van der Waals surface area contributed by atoms with Crippen molar-refractivity contribution < 1.29 is 4.79 Å². The largest absolute Gasteiger partial charge is 0.299 e. The van der Waals surface area contributed by atoms with Gasteiger partial charge in [-0.2, -0.15) is 0 Å². The maximum Gasteiger partial charge on any atom is 0.139 e. The zero-order chi connectivity index (χ0) is 9.90. The Bertz CT molecular complexity index is 186. The molecule has 0 radical (unpaired) electrons. The van der Waals surface area contributed by atoms with Crippen molar-refractivity contribution in [2.24, 2.45) is 11.3 Å². The Labute approximate surface area is 81.9 Å². The van der Waals surface area contributed by atoms with E-state index in [9.17, 15) is 4.79 Å². The molecule has 0 bridgehead atoms. The molecular formula is C12H22O. The van der Waals surface area contributed by atoms with Gasteiger partial charge < -0.3 is 0 Å². The van der Waals surface area contributed by atoms with E-state index in [0.717, 1.165) is 19.3 Å². The zero-order valence-corrected chi connectivity index (χ0v) is 9.23. The third-order valence-electron chi connectivity index (χ3n) is 3.55. The lowest BCUT2D eigenvalue weighted by atomic mass is 9.95. The topological polar surface area (TPSA) is 17.1 Å². The number of hydrogen-bond donors (Lipinski definition) is 0. The summed E-state index contributed by atoms with van der Waals surface area (Å²) in [6.07, 6.45) is 6.66. The van der Waals surface area contributed by atoms with E-state index >= 15 is 0 Å². The summed E-state index contributed by atoms with van der Waals surface area (Å²) < 4.78 is 0. The highest BCUT2D eigenvalue weighted by Crippen LogP contribution is 2.55. The molecule has 1 aliphatic rings. The molecule has 0 spiro atoms. The molecule has 1 aliphatic carbocycles. The normalized spacial score (nSPS) is 31.8. The molecule has 1 nitrogen and oxygen atoms in total. The third-order valence-corrected chi connectivity index (χ3v) is 3.55. The molecule has 0 aromatic carbocycles. The molecule has 0 heterocycles. The van der Waals surface area contributed by atoms with Crippen LogP contribution in [0, 0.1) is 11.3 Å². The van der Waals surface area contributed by atoms with Gasteiger partial charge in [-0.25, -0.2) is 0 Å². The van der Waals surface area contributed by atoms with Gasteiger partial charge in [-0.05, 0) is 18.8 Å². The Hall–Kier alpha value is -0.330. The first-order valence-electron chi connectivity index (χ1n) is 5.68. The zero-order valence-electron chi connectivity index (χ0n) is 9.23. The smallest absolute Gasteiger partial charge is 0.139 e. The Morgan fingerprint density at radius 1 is 1.38 bits per heavy atom. The number of carbonyl (C=O) groups is 1. The van der Waals surface area contributed by atoms with Crippen molar-refractivity contribution in [2.45, 2.75) is 59.3 Å². The molecule has 2 atom stereocenters. The Kier molecular flexibility index (Phi) is 3.52. The van der Waals surface area contributed by atoms with Crippen molar-refractivity contribution in [3.63, 3.8) is 0 Å². The molecule has 0 amide bonds. The standard InChI is InChI=1S/C12H22O/c1-4-6-7-8-11(13)12(3)9-10(12)5-2/h10H,4-9H2,1-3H3. The van der Waals surface area contributed by atoms with E-state index in [1.807, 2.05) is 0 Å². The van der Waals surface area contributed by atoms with Gasteiger partial charge in [0.15, 0.2) is 0 Å². The molecular weight excluding hydrogens is 160 g/mol. The summed E-state index contributed by atoms with van der Waals surface area (Å²) in [6, 6.07) is 0. The van der Waals surface area contributed by atoms with E-state index in [1.165, 1.54) is 19.3 Å². The maximum absolute atomic E-state index is 11.8. The molecule has 0 N–H and O–H groups in total.